The zero-order chi connectivity index (χ0) is 27.5. The molecule has 0 radical (unpaired) electrons. The molecule has 0 aliphatic heterocycles. The van der Waals surface area contributed by atoms with Gasteiger partial charge in [-0.05, 0) is 72.1 Å². The standard InChI is InChI=1S/C31H37N3O3S/c1-5-6-7-10-20-37-27-15-9-8-14-26(27)29(36)34-30(38)33-25-13-11-12-24(21-25)32-28(35)22-16-18-23(19-17-22)31(2,3)4/h8-9,11-19,21H,5-7,10,20H2,1-4H3,(H,32,35)(H2,33,34,36,38). The van der Waals surface area contributed by atoms with Crippen molar-refractivity contribution in [1.29, 1.82) is 0 Å². The van der Waals surface area contributed by atoms with E-state index in [1.807, 2.05) is 30.3 Å². The van der Waals surface area contributed by atoms with Crippen molar-refractivity contribution in [3.05, 3.63) is 89.5 Å². The summed E-state index contributed by atoms with van der Waals surface area (Å²) in [6, 6.07) is 21.9. The molecule has 3 N–H and O–H groups in total. The summed E-state index contributed by atoms with van der Waals surface area (Å²) in [5.74, 6) is -0.0239. The Hall–Kier alpha value is -3.71. The summed E-state index contributed by atoms with van der Waals surface area (Å²) in [6.45, 7) is 9.13. The topological polar surface area (TPSA) is 79.5 Å². The highest BCUT2D eigenvalue weighted by molar-refractivity contribution is 7.80. The molecule has 0 fully saturated rings. The average molecular weight is 532 g/mol. The quantitative estimate of drug-likeness (QED) is 0.189. The van der Waals surface area contributed by atoms with E-state index in [1.165, 1.54) is 6.42 Å². The fraction of sp³-hybridized carbons (Fsp3) is 0.323. The highest BCUT2D eigenvalue weighted by Crippen LogP contribution is 2.23. The largest absolute Gasteiger partial charge is 0.493 e. The Kier molecular flexibility index (Phi) is 10.4. The molecule has 38 heavy (non-hydrogen) atoms. The molecule has 0 aromatic heterocycles. The minimum absolute atomic E-state index is 0.0200. The van der Waals surface area contributed by atoms with Crippen molar-refractivity contribution in [2.45, 2.75) is 58.8 Å². The Labute approximate surface area is 231 Å². The zero-order valence-corrected chi connectivity index (χ0v) is 23.4. The van der Waals surface area contributed by atoms with Crippen LogP contribution in [0.15, 0.2) is 72.8 Å². The van der Waals surface area contributed by atoms with E-state index in [1.54, 1.807) is 42.5 Å². The number of carbonyl (C=O) groups excluding carboxylic acids is 2. The van der Waals surface area contributed by atoms with Crippen molar-refractivity contribution in [2.75, 3.05) is 17.2 Å². The van der Waals surface area contributed by atoms with Crippen LogP contribution < -0.4 is 20.7 Å². The lowest BCUT2D eigenvalue weighted by Crippen LogP contribution is -2.34. The maximum absolute atomic E-state index is 12.9. The maximum Gasteiger partial charge on any atom is 0.261 e. The molecule has 6 nitrogen and oxygen atoms in total. The molecule has 0 aliphatic rings. The predicted octanol–water partition coefficient (Wildman–Crippen LogP) is 7.32. The first kappa shape index (κ1) is 28.9. The summed E-state index contributed by atoms with van der Waals surface area (Å²) in [7, 11) is 0. The smallest absolute Gasteiger partial charge is 0.261 e. The minimum Gasteiger partial charge on any atom is -0.493 e. The molecule has 0 atom stereocenters. The van der Waals surface area contributed by atoms with Crippen molar-refractivity contribution >= 4 is 40.5 Å². The van der Waals surface area contributed by atoms with E-state index in [2.05, 4.69) is 43.6 Å². The average Bonchev–Trinajstić information content (AvgIpc) is 2.88. The first-order chi connectivity index (χ1) is 18.2. The number of benzene rings is 3. The van der Waals surface area contributed by atoms with Gasteiger partial charge in [-0.3, -0.25) is 14.9 Å². The van der Waals surface area contributed by atoms with Gasteiger partial charge < -0.3 is 15.4 Å². The summed E-state index contributed by atoms with van der Waals surface area (Å²) < 4.78 is 5.85. The lowest BCUT2D eigenvalue weighted by Gasteiger charge is -2.19. The van der Waals surface area contributed by atoms with E-state index in [-0.39, 0.29) is 22.3 Å². The number of nitrogens with one attached hydrogen (secondary N) is 3. The van der Waals surface area contributed by atoms with Gasteiger partial charge in [-0.2, -0.15) is 0 Å². The van der Waals surface area contributed by atoms with Gasteiger partial charge in [-0.15, -0.1) is 0 Å². The van der Waals surface area contributed by atoms with Crippen LogP contribution in [0.1, 0.15) is 79.7 Å². The van der Waals surface area contributed by atoms with E-state index in [4.69, 9.17) is 17.0 Å². The van der Waals surface area contributed by atoms with Crippen LogP contribution in [0.4, 0.5) is 11.4 Å². The van der Waals surface area contributed by atoms with E-state index in [0.717, 1.165) is 24.8 Å². The maximum atomic E-state index is 12.9. The Bertz CT molecular complexity index is 1250. The minimum atomic E-state index is -0.352. The molecule has 0 bridgehead atoms. The molecular formula is C31H37N3O3S. The third kappa shape index (κ3) is 8.70. The Morgan fingerprint density at radius 1 is 0.816 bits per heavy atom. The van der Waals surface area contributed by atoms with Crippen molar-refractivity contribution < 1.29 is 14.3 Å². The first-order valence-electron chi connectivity index (χ1n) is 13.0. The van der Waals surface area contributed by atoms with E-state index >= 15 is 0 Å². The van der Waals surface area contributed by atoms with Crippen LogP contribution in [0.2, 0.25) is 0 Å². The Morgan fingerprint density at radius 2 is 1.50 bits per heavy atom. The van der Waals surface area contributed by atoms with Gasteiger partial charge in [0.25, 0.3) is 11.8 Å². The molecule has 2 amide bonds. The van der Waals surface area contributed by atoms with Crippen LogP contribution in [0.25, 0.3) is 0 Å². The summed E-state index contributed by atoms with van der Waals surface area (Å²) in [4.78, 5) is 25.6. The van der Waals surface area contributed by atoms with E-state index in [0.29, 0.717) is 34.9 Å². The number of thiocarbonyl (C=S) groups is 1. The molecule has 0 saturated heterocycles. The van der Waals surface area contributed by atoms with Crippen LogP contribution in [0, 0.1) is 0 Å². The third-order valence-electron chi connectivity index (χ3n) is 6.01. The fourth-order valence-electron chi connectivity index (χ4n) is 3.82. The second kappa shape index (κ2) is 13.7. The Balaban J connectivity index is 1.57. The lowest BCUT2D eigenvalue weighted by atomic mass is 9.87. The number of hydrogen-bond donors (Lipinski definition) is 3. The van der Waals surface area contributed by atoms with E-state index in [9.17, 15) is 9.59 Å². The number of unbranched alkanes of at least 4 members (excludes halogenated alkanes) is 3. The molecule has 7 heteroatoms. The first-order valence-corrected chi connectivity index (χ1v) is 13.4. The molecule has 200 valence electrons. The number of anilines is 2. The molecule has 0 saturated carbocycles. The second-order valence-electron chi connectivity index (χ2n) is 10.2. The SMILES string of the molecule is CCCCCCOc1ccccc1C(=O)NC(=S)Nc1cccc(NC(=O)c2ccc(C(C)(C)C)cc2)c1. The Morgan fingerprint density at radius 3 is 2.18 bits per heavy atom. The van der Waals surface area contributed by atoms with Gasteiger partial charge in [0.15, 0.2) is 5.11 Å². The predicted molar refractivity (Wildman–Crippen MR) is 159 cm³/mol. The highest BCUT2D eigenvalue weighted by Gasteiger charge is 2.16. The molecule has 0 spiro atoms. The van der Waals surface area contributed by atoms with Crippen LogP contribution in [0.3, 0.4) is 0 Å². The fourth-order valence-corrected chi connectivity index (χ4v) is 4.03. The summed E-state index contributed by atoms with van der Waals surface area (Å²) >= 11 is 5.37. The lowest BCUT2D eigenvalue weighted by molar-refractivity contribution is 0.0972. The summed E-state index contributed by atoms with van der Waals surface area (Å²) in [5.41, 5.74) is 3.42. The van der Waals surface area contributed by atoms with Gasteiger partial charge in [0.1, 0.15) is 5.75 Å². The van der Waals surface area contributed by atoms with Crippen molar-refractivity contribution in [3.63, 3.8) is 0 Å². The van der Waals surface area contributed by atoms with Crippen LogP contribution >= 0.6 is 12.2 Å². The van der Waals surface area contributed by atoms with Crippen LogP contribution in [-0.4, -0.2) is 23.5 Å². The number of carbonyl (C=O) groups is 2. The van der Waals surface area contributed by atoms with Gasteiger partial charge in [0, 0.05) is 16.9 Å². The third-order valence-corrected chi connectivity index (χ3v) is 6.21. The van der Waals surface area contributed by atoms with Crippen LogP contribution in [0.5, 0.6) is 5.75 Å². The molecule has 0 unspecified atom stereocenters. The van der Waals surface area contributed by atoms with Gasteiger partial charge >= 0.3 is 0 Å². The molecule has 3 aromatic rings. The zero-order valence-electron chi connectivity index (χ0n) is 22.6. The van der Waals surface area contributed by atoms with Gasteiger partial charge in [-0.25, -0.2) is 0 Å². The number of hydrogen-bond acceptors (Lipinski definition) is 4. The summed E-state index contributed by atoms with van der Waals surface area (Å²) in [6.07, 6.45) is 4.37. The summed E-state index contributed by atoms with van der Waals surface area (Å²) in [5, 5.41) is 8.78. The number of rotatable bonds is 10. The molecule has 3 rings (SSSR count). The molecular weight excluding hydrogens is 494 g/mol. The van der Waals surface area contributed by atoms with Crippen molar-refractivity contribution in [2.24, 2.45) is 0 Å². The van der Waals surface area contributed by atoms with Crippen molar-refractivity contribution in [1.82, 2.24) is 5.32 Å². The van der Waals surface area contributed by atoms with E-state index < -0.39 is 0 Å². The monoisotopic (exact) mass is 531 g/mol. The molecule has 0 heterocycles. The van der Waals surface area contributed by atoms with Crippen molar-refractivity contribution in [3.8, 4) is 5.75 Å². The van der Waals surface area contributed by atoms with Gasteiger partial charge in [0.2, 0.25) is 0 Å². The van der Waals surface area contributed by atoms with Gasteiger partial charge in [-0.1, -0.05) is 77.3 Å². The molecule has 3 aromatic carbocycles. The normalized spacial score (nSPS) is 10.9. The van der Waals surface area contributed by atoms with Gasteiger partial charge in [0.05, 0.1) is 12.2 Å². The molecule has 0 aliphatic carbocycles. The second-order valence-corrected chi connectivity index (χ2v) is 10.6. The number of para-hydroxylation sites is 1. The highest BCUT2D eigenvalue weighted by atomic mass is 32.1. The number of ether oxygens (including phenoxy) is 1. The number of amides is 2. The van der Waals surface area contributed by atoms with Crippen LogP contribution in [-0.2, 0) is 5.41 Å².